The summed E-state index contributed by atoms with van der Waals surface area (Å²) >= 11 is 0. The Hall–Kier alpha value is -1.53. The molecular formula is C16H24N2O. The Morgan fingerprint density at radius 3 is 2.68 bits per heavy atom. The fourth-order valence-electron chi connectivity index (χ4n) is 1.89. The van der Waals surface area contributed by atoms with Crippen molar-refractivity contribution in [3.8, 4) is 11.8 Å². The Bertz CT molecular complexity index is 458. The zero-order chi connectivity index (χ0) is 14.5. The number of rotatable bonds is 6. The van der Waals surface area contributed by atoms with E-state index in [-0.39, 0.29) is 11.5 Å². The highest BCUT2D eigenvalue weighted by atomic mass is 16.5. The molecule has 19 heavy (non-hydrogen) atoms. The summed E-state index contributed by atoms with van der Waals surface area (Å²) in [4.78, 5) is 0. The smallest absolute Gasteiger partial charge is 0.124 e. The van der Waals surface area contributed by atoms with Crippen molar-refractivity contribution in [1.29, 1.82) is 5.26 Å². The van der Waals surface area contributed by atoms with Crippen molar-refractivity contribution in [2.75, 3.05) is 6.61 Å². The molecule has 104 valence electrons. The second-order valence-electron chi connectivity index (χ2n) is 5.78. The molecule has 0 spiro atoms. The zero-order valence-electron chi connectivity index (χ0n) is 12.4. The minimum atomic E-state index is -0.278. The molecule has 3 nitrogen and oxygen atoms in total. The Kier molecular flexibility index (Phi) is 5.38. The van der Waals surface area contributed by atoms with Gasteiger partial charge in [0.2, 0.25) is 0 Å². The monoisotopic (exact) mass is 260 g/mol. The molecule has 0 amide bonds. The predicted octanol–water partition coefficient (Wildman–Crippen LogP) is 3.72. The number of nitriles is 1. The van der Waals surface area contributed by atoms with Crippen molar-refractivity contribution in [1.82, 2.24) is 0 Å². The molecule has 0 saturated carbocycles. The number of benzene rings is 1. The van der Waals surface area contributed by atoms with Gasteiger partial charge in [-0.25, -0.2) is 0 Å². The van der Waals surface area contributed by atoms with Gasteiger partial charge in [0.15, 0.2) is 0 Å². The maximum absolute atomic E-state index is 8.96. The molecule has 0 radical (unpaired) electrons. The molecule has 0 aliphatic carbocycles. The Labute approximate surface area is 116 Å². The van der Waals surface area contributed by atoms with Crippen molar-refractivity contribution < 1.29 is 4.74 Å². The average molecular weight is 260 g/mol. The summed E-state index contributed by atoms with van der Waals surface area (Å²) in [7, 11) is 0. The molecule has 2 N–H and O–H groups in total. The maximum atomic E-state index is 8.96. The number of ether oxygens (including phenoxy) is 1. The van der Waals surface area contributed by atoms with E-state index in [4.69, 9.17) is 15.7 Å². The van der Waals surface area contributed by atoms with E-state index < -0.39 is 0 Å². The van der Waals surface area contributed by atoms with E-state index in [2.05, 4.69) is 6.07 Å². The first kappa shape index (κ1) is 15.5. The summed E-state index contributed by atoms with van der Waals surface area (Å²) in [6.45, 7) is 8.52. The number of nitrogens with two attached hydrogens (primary N) is 1. The SMILES string of the molecule is Cc1ccc([C@H](C)N)c(OCCCC(C)(C)C#N)c1. The number of hydrogen-bond acceptors (Lipinski definition) is 3. The third-order valence-corrected chi connectivity index (χ3v) is 3.17. The molecule has 1 aromatic carbocycles. The van der Waals surface area contributed by atoms with Gasteiger partial charge in [-0.2, -0.15) is 5.26 Å². The third-order valence-electron chi connectivity index (χ3n) is 3.17. The van der Waals surface area contributed by atoms with Crippen molar-refractivity contribution in [2.45, 2.75) is 46.6 Å². The summed E-state index contributed by atoms with van der Waals surface area (Å²) in [5, 5.41) is 8.96. The number of aryl methyl sites for hydroxylation is 1. The van der Waals surface area contributed by atoms with Crippen LogP contribution in [-0.4, -0.2) is 6.61 Å². The molecule has 0 bridgehead atoms. The number of hydrogen-bond donors (Lipinski definition) is 1. The van der Waals surface area contributed by atoms with Crippen LogP contribution >= 0.6 is 0 Å². The van der Waals surface area contributed by atoms with E-state index in [0.29, 0.717) is 6.61 Å². The molecule has 0 heterocycles. The van der Waals surface area contributed by atoms with Gasteiger partial charge in [0.1, 0.15) is 5.75 Å². The summed E-state index contributed by atoms with van der Waals surface area (Å²) in [6.07, 6.45) is 1.70. The highest BCUT2D eigenvalue weighted by molar-refractivity contribution is 5.38. The first-order valence-electron chi connectivity index (χ1n) is 6.76. The van der Waals surface area contributed by atoms with Crippen LogP contribution in [0.4, 0.5) is 0 Å². The Balaban J connectivity index is 2.58. The first-order valence-corrected chi connectivity index (χ1v) is 6.76. The van der Waals surface area contributed by atoms with Crippen molar-refractivity contribution in [3.63, 3.8) is 0 Å². The van der Waals surface area contributed by atoms with Crippen LogP contribution < -0.4 is 10.5 Å². The Morgan fingerprint density at radius 2 is 2.11 bits per heavy atom. The van der Waals surface area contributed by atoms with Gasteiger partial charge < -0.3 is 10.5 Å². The molecular weight excluding hydrogens is 236 g/mol. The second-order valence-corrected chi connectivity index (χ2v) is 5.78. The molecule has 3 heteroatoms. The summed E-state index contributed by atoms with van der Waals surface area (Å²) < 4.78 is 5.83. The standard InChI is InChI=1S/C16H24N2O/c1-12-6-7-14(13(2)18)15(10-12)19-9-5-8-16(3,4)11-17/h6-7,10,13H,5,8-9,18H2,1-4H3/t13-/m0/s1. The molecule has 1 atom stereocenters. The number of nitrogens with zero attached hydrogens (tertiary/aromatic N) is 1. The van der Waals surface area contributed by atoms with Gasteiger partial charge in [-0.15, -0.1) is 0 Å². The van der Waals surface area contributed by atoms with Gasteiger partial charge in [0.25, 0.3) is 0 Å². The van der Waals surface area contributed by atoms with Crippen LogP contribution in [0.15, 0.2) is 18.2 Å². The van der Waals surface area contributed by atoms with Crippen LogP contribution in [0.25, 0.3) is 0 Å². The molecule has 0 aliphatic rings. The van der Waals surface area contributed by atoms with Crippen molar-refractivity contribution in [3.05, 3.63) is 29.3 Å². The fraction of sp³-hybridized carbons (Fsp3) is 0.562. The lowest BCUT2D eigenvalue weighted by molar-refractivity contribution is 0.281. The average Bonchev–Trinajstić information content (AvgIpc) is 2.34. The maximum Gasteiger partial charge on any atom is 0.124 e. The molecule has 1 aromatic rings. The normalized spacial score (nSPS) is 12.8. The quantitative estimate of drug-likeness (QED) is 0.793. The van der Waals surface area contributed by atoms with E-state index in [1.54, 1.807) is 0 Å². The predicted molar refractivity (Wildman–Crippen MR) is 77.9 cm³/mol. The molecule has 0 fully saturated rings. The fourth-order valence-corrected chi connectivity index (χ4v) is 1.89. The lowest BCUT2D eigenvalue weighted by atomic mass is 9.90. The van der Waals surface area contributed by atoms with Crippen LogP contribution in [0.5, 0.6) is 5.75 Å². The van der Waals surface area contributed by atoms with Crippen LogP contribution in [-0.2, 0) is 0 Å². The first-order chi connectivity index (χ1) is 8.85. The summed E-state index contributed by atoms with van der Waals surface area (Å²) in [6, 6.07) is 8.36. The van der Waals surface area contributed by atoms with E-state index in [1.807, 2.05) is 45.9 Å². The van der Waals surface area contributed by atoms with E-state index in [1.165, 1.54) is 0 Å². The second kappa shape index (κ2) is 6.58. The van der Waals surface area contributed by atoms with E-state index in [9.17, 15) is 0 Å². The van der Waals surface area contributed by atoms with Gasteiger partial charge in [-0.3, -0.25) is 0 Å². The summed E-state index contributed by atoms with van der Waals surface area (Å²) in [5.41, 5.74) is 7.85. The van der Waals surface area contributed by atoms with Gasteiger partial charge in [0.05, 0.1) is 18.1 Å². The van der Waals surface area contributed by atoms with Gasteiger partial charge in [0, 0.05) is 11.6 Å². The largest absolute Gasteiger partial charge is 0.493 e. The summed E-state index contributed by atoms with van der Waals surface area (Å²) in [5.74, 6) is 0.866. The third kappa shape index (κ3) is 4.92. The van der Waals surface area contributed by atoms with Crippen LogP contribution in [0.1, 0.15) is 50.8 Å². The van der Waals surface area contributed by atoms with E-state index in [0.717, 1.165) is 29.7 Å². The minimum Gasteiger partial charge on any atom is -0.493 e. The Morgan fingerprint density at radius 1 is 1.42 bits per heavy atom. The molecule has 0 aromatic heterocycles. The lowest BCUT2D eigenvalue weighted by Gasteiger charge is -2.17. The van der Waals surface area contributed by atoms with Crippen LogP contribution in [0, 0.1) is 23.7 Å². The molecule has 1 rings (SSSR count). The molecule has 0 unspecified atom stereocenters. The minimum absolute atomic E-state index is 0.0360. The van der Waals surface area contributed by atoms with Crippen molar-refractivity contribution in [2.24, 2.45) is 11.1 Å². The van der Waals surface area contributed by atoms with Crippen LogP contribution in [0.2, 0.25) is 0 Å². The highest BCUT2D eigenvalue weighted by Crippen LogP contribution is 2.26. The molecule has 0 saturated heterocycles. The van der Waals surface area contributed by atoms with Crippen LogP contribution in [0.3, 0.4) is 0 Å². The zero-order valence-corrected chi connectivity index (χ0v) is 12.4. The van der Waals surface area contributed by atoms with Crippen molar-refractivity contribution >= 4 is 0 Å². The lowest BCUT2D eigenvalue weighted by Crippen LogP contribution is -2.12. The van der Waals surface area contributed by atoms with Gasteiger partial charge >= 0.3 is 0 Å². The van der Waals surface area contributed by atoms with Gasteiger partial charge in [-0.05, 0) is 52.2 Å². The topological polar surface area (TPSA) is 59.0 Å². The highest BCUT2D eigenvalue weighted by Gasteiger charge is 2.16. The van der Waals surface area contributed by atoms with Gasteiger partial charge in [-0.1, -0.05) is 12.1 Å². The molecule has 0 aliphatic heterocycles. The van der Waals surface area contributed by atoms with E-state index >= 15 is 0 Å².